The molecule has 0 unspecified atom stereocenters. The van der Waals surface area contributed by atoms with Gasteiger partial charge in [0.1, 0.15) is 9.96 Å². The van der Waals surface area contributed by atoms with Gasteiger partial charge in [0.25, 0.3) is 0 Å². The number of rotatable bonds is 8. The third kappa shape index (κ3) is 5.90. The molecule has 2 heterocycles. The molecule has 0 saturated carbocycles. The molecule has 0 aliphatic heterocycles. The largest absolute Gasteiger partial charge is 0.497 e. The fourth-order valence-corrected chi connectivity index (χ4v) is 4.83. The number of anilines is 1. The lowest BCUT2D eigenvalue weighted by molar-refractivity contribution is 0.414. The topological polar surface area (TPSA) is 116 Å². The summed E-state index contributed by atoms with van der Waals surface area (Å²) in [6.45, 7) is 0.713. The number of nitrogens with one attached hydrogen (secondary N) is 1. The van der Waals surface area contributed by atoms with E-state index in [0.29, 0.717) is 17.4 Å². The standard InChI is InChI=1S/C18H19N3O3S2.ClH.H3N/c1-24-15-6-8-16(9-7-15)26(22,23)17-13-21-18(25-17)20-11-3-5-14-4-2-10-19-12-14;;/h2,4,6-10,12-13H,3,5,11H2,1H3,(H,20,21);1H;1H3. The van der Waals surface area contributed by atoms with Crippen molar-refractivity contribution in [2.24, 2.45) is 0 Å². The van der Waals surface area contributed by atoms with Crippen molar-refractivity contribution in [1.29, 1.82) is 0 Å². The number of halogens is 1. The Morgan fingerprint density at radius 3 is 2.54 bits per heavy atom. The van der Waals surface area contributed by atoms with E-state index in [9.17, 15) is 8.42 Å². The smallest absolute Gasteiger partial charge is 0.217 e. The maximum atomic E-state index is 12.7. The monoisotopic (exact) mass is 442 g/mol. The van der Waals surface area contributed by atoms with Gasteiger partial charge in [0.15, 0.2) is 5.13 Å². The van der Waals surface area contributed by atoms with E-state index in [1.165, 1.54) is 23.9 Å². The van der Waals surface area contributed by atoms with Crippen LogP contribution in [-0.4, -0.2) is 32.0 Å². The van der Waals surface area contributed by atoms with E-state index < -0.39 is 9.84 Å². The zero-order chi connectivity index (χ0) is 18.4. The Bertz CT molecular complexity index is 948. The molecule has 0 aliphatic carbocycles. The fourth-order valence-electron chi connectivity index (χ4n) is 2.37. The van der Waals surface area contributed by atoms with Crippen molar-refractivity contribution >= 4 is 38.7 Å². The highest BCUT2D eigenvalue weighted by Crippen LogP contribution is 2.29. The summed E-state index contributed by atoms with van der Waals surface area (Å²) < 4.78 is 30.6. The summed E-state index contributed by atoms with van der Waals surface area (Å²) in [5, 5.41) is 3.78. The third-order valence-electron chi connectivity index (χ3n) is 3.76. The molecule has 10 heteroatoms. The molecule has 0 atom stereocenters. The van der Waals surface area contributed by atoms with Crippen molar-refractivity contribution in [3.63, 3.8) is 0 Å². The van der Waals surface area contributed by atoms with Crippen molar-refractivity contribution in [3.05, 3.63) is 60.6 Å². The molecular formula is C18H23ClN4O3S2. The van der Waals surface area contributed by atoms with Gasteiger partial charge in [-0.05, 0) is 48.7 Å². The average Bonchev–Trinajstić information content (AvgIpc) is 3.16. The van der Waals surface area contributed by atoms with Gasteiger partial charge >= 0.3 is 0 Å². The van der Waals surface area contributed by atoms with Crippen LogP contribution in [0.3, 0.4) is 0 Å². The predicted molar refractivity (Wildman–Crippen MR) is 114 cm³/mol. The van der Waals surface area contributed by atoms with E-state index in [1.54, 1.807) is 25.4 Å². The number of ether oxygens (including phenoxy) is 1. The minimum atomic E-state index is -3.56. The van der Waals surface area contributed by atoms with Crippen LogP contribution < -0.4 is 16.2 Å². The van der Waals surface area contributed by atoms with Gasteiger partial charge in [0.05, 0.1) is 18.2 Å². The molecule has 3 aromatic rings. The van der Waals surface area contributed by atoms with Crippen LogP contribution in [0.1, 0.15) is 12.0 Å². The van der Waals surface area contributed by atoms with Gasteiger partial charge in [-0.2, -0.15) is 0 Å². The number of pyridine rings is 1. The summed E-state index contributed by atoms with van der Waals surface area (Å²) >= 11 is 1.14. The zero-order valence-electron chi connectivity index (χ0n) is 15.4. The first-order valence-electron chi connectivity index (χ1n) is 8.07. The Morgan fingerprint density at radius 1 is 1.14 bits per heavy atom. The van der Waals surface area contributed by atoms with E-state index in [-0.39, 0.29) is 27.7 Å². The number of hydrogen-bond acceptors (Lipinski definition) is 8. The summed E-state index contributed by atoms with van der Waals surface area (Å²) in [6.07, 6.45) is 6.81. The third-order valence-corrected chi connectivity index (χ3v) is 6.95. The minimum Gasteiger partial charge on any atom is -0.497 e. The van der Waals surface area contributed by atoms with Crippen molar-refractivity contribution in [2.45, 2.75) is 21.9 Å². The Hall–Kier alpha value is -2.20. The van der Waals surface area contributed by atoms with Gasteiger partial charge in [0.2, 0.25) is 9.84 Å². The van der Waals surface area contributed by atoms with Gasteiger partial charge in [0, 0.05) is 18.9 Å². The number of thiazole rings is 1. The summed E-state index contributed by atoms with van der Waals surface area (Å²) in [5.41, 5.74) is 1.18. The quantitative estimate of drug-likeness (QED) is 0.506. The van der Waals surface area contributed by atoms with E-state index in [0.717, 1.165) is 24.2 Å². The average molecular weight is 443 g/mol. The van der Waals surface area contributed by atoms with E-state index in [1.807, 2.05) is 18.3 Å². The van der Waals surface area contributed by atoms with Crippen molar-refractivity contribution < 1.29 is 13.2 Å². The Balaban J connectivity index is 0.00000196. The molecule has 0 amide bonds. The second-order valence-electron chi connectivity index (χ2n) is 5.56. The van der Waals surface area contributed by atoms with E-state index in [4.69, 9.17) is 4.74 Å². The van der Waals surface area contributed by atoms with Crippen LogP contribution in [-0.2, 0) is 16.3 Å². The first kappa shape index (κ1) is 23.8. The number of methoxy groups -OCH3 is 1. The van der Waals surface area contributed by atoms with Crippen LogP contribution in [0.25, 0.3) is 0 Å². The number of aromatic nitrogens is 2. The molecule has 0 spiro atoms. The summed E-state index contributed by atoms with van der Waals surface area (Å²) in [5.74, 6) is 0.615. The highest BCUT2D eigenvalue weighted by Gasteiger charge is 2.21. The molecule has 0 aliphatic rings. The molecule has 0 radical (unpaired) electrons. The number of nitrogens with zero attached hydrogens (tertiary/aromatic N) is 2. The number of hydrogen-bond donors (Lipinski definition) is 2. The SMILES string of the molecule is COc1ccc(S(=O)(=O)c2cnc(NCCCc3cccnc3)s2)cc1.Cl.N. The normalized spacial score (nSPS) is 10.5. The minimum absolute atomic E-state index is 0. The van der Waals surface area contributed by atoms with Crippen LogP contribution in [0.5, 0.6) is 5.75 Å². The lowest BCUT2D eigenvalue weighted by Gasteiger charge is -2.04. The van der Waals surface area contributed by atoms with Crippen LogP contribution in [0, 0.1) is 0 Å². The highest BCUT2D eigenvalue weighted by molar-refractivity contribution is 7.93. The van der Waals surface area contributed by atoms with Gasteiger partial charge in [-0.3, -0.25) is 4.98 Å². The Labute approximate surface area is 175 Å². The molecule has 4 N–H and O–H groups in total. The Kier molecular flexibility index (Phi) is 9.33. The molecule has 0 fully saturated rings. The summed E-state index contributed by atoms with van der Waals surface area (Å²) in [4.78, 5) is 8.49. The van der Waals surface area contributed by atoms with Crippen molar-refractivity contribution in [3.8, 4) is 5.75 Å². The summed E-state index contributed by atoms with van der Waals surface area (Å²) in [7, 11) is -2.02. The molecule has 0 bridgehead atoms. The van der Waals surface area contributed by atoms with Crippen LogP contribution in [0.4, 0.5) is 5.13 Å². The molecule has 7 nitrogen and oxygen atoms in total. The molecule has 0 saturated heterocycles. The van der Waals surface area contributed by atoms with Crippen LogP contribution >= 0.6 is 23.7 Å². The maximum absolute atomic E-state index is 12.7. The molecule has 28 heavy (non-hydrogen) atoms. The molecule has 152 valence electrons. The van der Waals surface area contributed by atoms with Gasteiger partial charge in [-0.15, -0.1) is 12.4 Å². The zero-order valence-corrected chi connectivity index (χ0v) is 17.8. The van der Waals surface area contributed by atoms with Crippen LogP contribution in [0.15, 0.2) is 64.1 Å². The van der Waals surface area contributed by atoms with Crippen molar-refractivity contribution in [1.82, 2.24) is 16.1 Å². The molecular weight excluding hydrogens is 420 g/mol. The maximum Gasteiger partial charge on any atom is 0.217 e. The van der Waals surface area contributed by atoms with Gasteiger partial charge < -0.3 is 16.2 Å². The molecule has 2 aromatic heterocycles. The first-order valence-corrected chi connectivity index (χ1v) is 10.4. The molecule has 1 aromatic carbocycles. The van der Waals surface area contributed by atoms with Gasteiger partial charge in [-0.25, -0.2) is 13.4 Å². The highest BCUT2D eigenvalue weighted by atomic mass is 35.5. The lowest BCUT2D eigenvalue weighted by Crippen LogP contribution is -2.02. The first-order chi connectivity index (χ1) is 12.6. The number of aryl methyl sites for hydroxylation is 1. The number of sulfone groups is 1. The van der Waals surface area contributed by atoms with E-state index >= 15 is 0 Å². The van der Waals surface area contributed by atoms with Crippen molar-refractivity contribution in [2.75, 3.05) is 19.0 Å². The second-order valence-corrected chi connectivity index (χ2v) is 8.76. The van der Waals surface area contributed by atoms with Gasteiger partial charge in [-0.1, -0.05) is 17.4 Å². The van der Waals surface area contributed by atoms with Crippen LogP contribution in [0.2, 0.25) is 0 Å². The van der Waals surface area contributed by atoms with E-state index in [2.05, 4.69) is 15.3 Å². The predicted octanol–water partition coefficient (Wildman–Crippen LogP) is 4.01. The number of benzene rings is 1. The Morgan fingerprint density at radius 2 is 1.89 bits per heavy atom. The summed E-state index contributed by atoms with van der Waals surface area (Å²) in [6, 6.07) is 10.3. The second kappa shape index (κ2) is 11.0. The fraction of sp³-hybridized carbons (Fsp3) is 0.222. The molecule has 3 rings (SSSR count). The lowest BCUT2D eigenvalue weighted by atomic mass is 10.2.